The number of likely N-dealkylation sites (N-methyl/N-ethyl adjacent to an activating group) is 1. The third-order valence-corrected chi connectivity index (χ3v) is 2.36. The molecular formula is C10H10N2. The monoisotopic (exact) mass is 158 g/mol. The Morgan fingerprint density at radius 2 is 2.00 bits per heavy atom. The summed E-state index contributed by atoms with van der Waals surface area (Å²) >= 11 is 0. The molecule has 1 aromatic carbocycles. The van der Waals surface area contributed by atoms with E-state index in [0.717, 1.165) is 0 Å². The first kappa shape index (κ1) is 7.33. The molecule has 0 spiro atoms. The summed E-state index contributed by atoms with van der Waals surface area (Å²) in [5.41, 5.74) is 1.24. The van der Waals surface area contributed by atoms with Crippen molar-refractivity contribution in [2.24, 2.45) is 0 Å². The van der Waals surface area contributed by atoms with Gasteiger partial charge in [-0.1, -0.05) is 30.3 Å². The van der Waals surface area contributed by atoms with E-state index in [4.69, 9.17) is 5.26 Å². The van der Waals surface area contributed by atoms with E-state index in [1.165, 1.54) is 5.56 Å². The van der Waals surface area contributed by atoms with Crippen molar-refractivity contribution < 1.29 is 0 Å². The Bertz CT molecular complexity index is 312. The highest BCUT2D eigenvalue weighted by atomic mass is 15.3. The zero-order valence-electron chi connectivity index (χ0n) is 6.94. The minimum atomic E-state index is 0.0902. The van der Waals surface area contributed by atoms with Crippen LogP contribution in [-0.4, -0.2) is 18.0 Å². The van der Waals surface area contributed by atoms with E-state index in [-0.39, 0.29) is 6.04 Å². The van der Waals surface area contributed by atoms with Crippen LogP contribution in [0.25, 0.3) is 0 Å². The van der Waals surface area contributed by atoms with Crippen molar-refractivity contribution >= 4 is 0 Å². The lowest BCUT2D eigenvalue weighted by molar-refractivity contribution is 0.615. The minimum Gasteiger partial charge on any atom is -0.280 e. The van der Waals surface area contributed by atoms with Crippen molar-refractivity contribution in [3.63, 3.8) is 0 Å². The fraction of sp³-hybridized carbons (Fsp3) is 0.300. The number of hydrogen-bond donors (Lipinski definition) is 0. The average Bonchev–Trinajstić information content (AvgIpc) is 2.78. The van der Waals surface area contributed by atoms with Gasteiger partial charge in [0.1, 0.15) is 6.04 Å². The summed E-state index contributed by atoms with van der Waals surface area (Å²) in [4.78, 5) is 2.06. The summed E-state index contributed by atoms with van der Waals surface area (Å²) in [6.07, 6.45) is 0. The standard InChI is InChI=1S/C10H10N2/c1-12-9(7-11)10(12)8-5-3-2-4-6-8/h2-6,9-10H,1H3/t9-,10+,12?/m0/s1. The zero-order chi connectivity index (χ0) is 8.55. The number of nitrogens with zero attached hydrogens (tertiary/aromatic N) is 2. The van der Waals surface area contributed by atoms with E-state index < -0.39 is 0 Å². The smallest absolute Gasteiger partial charge is 0.118 e. The lowest BCUT2D eigenvalue weighted by atomic mass is 10.1. The van der Waals surface area contributed by atoms with E-state index >= 15 is 0 Å². The molecule has 1 fully saturated rings. The Hall–Kier alpha value is -1.33. The van der Waals surface area contributed by atoms with Crippen LogP contribution in [0.2, 0.25) is 0 Å². The van der Waals surface area contributed by atoms with E-state index in [1.807, 2.05) is 25.2 Å². The molecule has 2 heteroatoms. The molecule has 12 heavy (non-hydrogen) atoms. The largest absolute Gasteiger partial charge is 0.280 e. The molecule has 1 unspecified atom stereocenters. The topological polar surface area (TPSA) is 26.8 Å². The first-order chi connectivity index (χ1) is 5.84. The fourth-order valence-corrected chi connectivity index (χ4v) is 1.57. The quantitative estimate of drug-likeness (QED) is 0.580. The van der Waals surface area contributed by atoms with Gasteiger partial charge in [-0.3, -0.25) is 4.90 Å². The van der Waals surface area contributed by atoms with Crippen LogP contribution in [0.15, 0.2) is 30.3 Å². The Labute approximate surface area is 72.0 Å². The van der Waals surface area contributed by atoms with Crippen LogP contribution in [0.4, 0.5) is 0 Å². The Morgan fingerprint density at radius 1 is 1.33 bits per heavy atom. The van der Waals surface area contributed by atoms with Gasteiger partial charge in [-0.05, 0) is 12.6 Å². The van der Waals surface area contributed by atoms with Crippen LogP contribution in [0, 0.1) is 11.3 Å². The molecular weight excluding hydrogens is 148 g/mol. The molecule has 3 atom stereocenters. The summed E-state index contributed by atoms with van der Waals surface area (Å²) in [5.74, 6) is 0. The molecule has 0 aliphatic carbocycles. The third kappa shape index (κ3) is 0.992. The second-order valence-electron chi connectivity index (χ2n) is 3.09. The minimum absolute atomic E-state index is 0.0902. The summed E-state index contributed by atoms with van der Waals surface area (Å²) in [7, 11) is 1.98. The first-order valence-corrected chi connectivity index (χ1v) is 4.01. The molecule has 0 saturated carbocycles. The van der Waals surface area contributed by atoms with Crippen molar-refractivity contribution in [3.05, 3.63) is 35.9 Å². The van der Waals surface area contributed by atoms with E-state index in [0.29, 0.717) is 6.04 Å². The van der Waals surface area contributed by atoms with Gasteiger partial charge in [0, 0.05) is 0 Å². The second-order valence-corrected chi connectivity index (χ2v) is 3.09. The Morgan fingerprint density at radius 3 is 2.50 bits per heavy atom. The van der Waals surface area contributed by atoms with Gasteiger partial charge in [0.2, 0.25) is 0 Å². The van der Waals surface area contributed by atoms with Crippen LogP contribution < -0.4 is 0 Å². The van der Waals surface area contributed by atoms with Crippen molar-refractivity contribution in [3.8, 4) is 6.07 Å². The normalized spacial score (nSPS) is 32.5. The van der Waals surface area contributed by atoms with E-state index in [9.17, 15) is 0 Å². The molecule has 1 aromatic rings. The summed E-state index contributed by atoms with van der Waals surface area (Å²) < 4.78 is 0. The molecule has 2 nitrogen and oxygen atoms in total. The highest BCUT2D eigenvalue weighted by Crippen LogP contribution is 2.40. The zero-order valence-corrected chi connectivity index (χ0v) is 6.94. The Balaban J connectivity index is 2.21. The van der Waals surface area contributed by atoms with Crippen molar-refractivity contribution in [1.82, 2.24) is 4.90 Å². The van der Waals surface area contributed by atoms with Gasteiger partial charge in [0.05, 0.1) is 12.1 Å². The van der Waals surface area contributed by atoms with Crippen molar-refractivity contribution in [2.75, 3.05) is 7.05 Å². The molecule has 1 aliphatic rings. The predicted molar refractivity (Wildman–Crippen MR) is 46.3 cm³/mol. The van der Waals surface area contributed by atoms with E-state index in [2.05, 4.69) is 23.1 Å². The molecule has 0 radical (unpaired) electrons. The molecule has 1 heterocycles. The van der Waals surface area contributed by atoms with Crippen molar-refractivity contribution in [1.29, 1.82) is 5.26 Å². The fourth-order valence-electron chi connectivity index (χ4n) is 1.57. The van der Waals surface area contributed by atoms with Gasteiger partial charge in [-0.15, -0.1) is 0 Å². The Kier molecular flexibility index (Phi) is 1.60. The maximum atomic E-state index is 8.72. The predicted octanol–water partition coefficient (Wildman–Crippen LogP) is 1.57. The van der Waals surface area contributed by atoms with Gasteiger partial charge < -0.3 is 0 Å². The lowest BCUT2D eigenvalue weighted by Crippen LogP contribution is -1.87. The molecule has 0 aromatic heterocycles. The van der Waals surface area contributed by atoms with Gasteiger partial charge in [0.25, 0.3) is 0 Å². The summed E-state index contributed by atoms with van der Waals surface area (Å²) in [6, 6.07) is 12.8. The number of nitriles is 1. The maximum absolute atomic E-state index is 8.72. The summed E-state index contributed by atoms with van der Waals surface area (Å²) in [6.45, 7) is 0. The lowest BCUT2D eigenvalue weighted by Gasteiger charge is -1.94. The highest BCUT2D eigenvalue weighted by molar-refractivity contribution is 5.30. The summed E-state index contributed by atoms with van der Waals surface area (Å²) in [5, 5.41) is 8.72. The number of rotatable bonds is 1. The molecule has 0 bridgehead atoms. The van der Waals surface area contributed by atoms with Gasteiger partial charge in [-0.2, -0.15) is 5.26 Å². The average molecular weight is 158 g/mol. The van der Waals surface area contributed by atoms with Gasteiger partial charge >= 0.3 is 0 Å². The molecule has 2 rings (SSSR count). The molecule has 0 amide bonds. The number of benzene rings is 1. The first-order valence-electron chi connectivity index (χ1n) is 4.01. The van der Waals surface area contributed by atoms with Crippen LogP contribution in [0.5, 0.6) is 0 Å². The second kappa shape index (κ2) is 2.62. The van der Waals surface area contributed by atoms with E-state index in [1.54, 1.807) is 0 Å². The maximum Gasteiger partial charge on any atom is 0.118 e. The highest BCUT2D eigenvalue weighted by Gasteiger charge is 2.45. The van der Waals surface area contributed by atoms with Crippen LogP contribution in [-0.2, 0) is 0 Å². The number of hydrogen-bond acceptors (Lipinski definition) is 2. The van der Waals surface area contributed by atoms with Crippen LogP contribution in [0.1, 0.15) is 11.6 Å². The van der Waals surface area contributed by atoms with Crippen LogP contribution >= 0.6 is 0 Å². The third-order valence-electron chi connectivity index (χ3n) is 2.36. The van der Waals surface area contributed by atoms with Gasteiger partial charge in [-0.25, -0.2) is 0 Å². The molecule has 1 aliphatic heterocycles. The van der Waals surface area contributed by atoms with Crippen molar-refractivity contribution in [2.45, 2.75) is 12.1 Å². The molecule has 1 saturated heterocycles. The van der Waals surface area contributed by atoms with Gasteiger partial charge in [0.15, 0.2) is 0 Å². The van der Waals surface area contributed by atoms with Crippen LogP contribution in [0.3, 0.4) is 0 Å². The molecule has 60 valence electrons. The SMILES string of the molecule is CN1[C@H](c2ccccc2)[C@@H]1C#N. The molecule has 0 N–H and O–H groups in total.